The van der Waals surface area contributed by atoms with Gasteiger partial charge in [0.05, 0.1) is 6.42 Å². The third-order valence-electron chi connectivity index (χ3n) is 13.4. The van der Waals surface area contributed by atoms with Gasteiger partial charge in [-0.25, -0.2) is 4.79 Å². The highest BCUT2D eigenvalue weighted by atomic mass is 16.4. The Labute approximate surface area is 451 Å². The van der Waals surface area contributed by atoms with Crippen molar-refractivity contribution in [1.82, 2.24) is 52.5 Å². The quantitative estimate of drug-likeness (QED) is 0.0354. The number of amides is 8. The van der Waals surface area contributed by atoms with Gasteiger partial charge in [0.1, 0.15) is 42.3 Å². The second kappa shape index (κ2) is 28.9. The number of aliphatic imine (C=N–C) groups is 1. The van der Waals surface area contributed by atoms with E-state index in [1.165, 1.54) is 6.92 Å². The highest BCUT2D eigenvalue weighted by Crippen LogP contribution is 2.22. The minimum atomic E-state index is -1.60. The minimum Gasteiger partial charge on any atom is -0.480 e. The van der Waals surface area contributed by atoms with Gasteiger partial charge in [-0.15, -0.1) is 0 Å². The summed E-state index contributed by atoms with van der Waals surface area (Å²) < 4.78 is 0. The van der Waals surface area contributed by atoms with E-state index < -0.39 is 102 Å². The normalized spacial score (nSPS) is 20.9. The van der Waals surface area contributed by atoms with Crippen molar-refractivity contribution in [2.75, 3.05) is 13.1 Å². The number of unbranched alkanes of at least 4 members (excludes halogenated alkanes) is 1. The van der Waals surface area contributed by atoms with Crippen LogP contribution in [0.4, 0.5) is 0 Å². The molecule has 3 heterocycles. The number of fused-ring (bicyclic) bond motifs is 2. The molecule has 15 N–H and O–H groups in total. The molecule has 0 unspecified atom stereocenters. The lowest BCUT2D eigenvalue weighted by Crippen LogP contribution is -2.61. The molecule has 7 atom stereocenters. The average Bonchev–Trinajstić information content (AvgIpc) is 4.04. The average molecular weight is 1070 g/mol. The highest BCUT2D eigenvalue weighted by Gasteiger charge is 2.36. The predicted octanol–water partition coefficient (Wildman–Crippen LogP) is 1.11. The van der Waals surface area contributed by atoms with Gasteiger partial charge in [-0.1, -0.05) is 86.5 Å². The molecular formula is C55H71N13O10. The SMILES string of the molecule is CCCC[C@H](NC(C)=O)C(=O)N[C@H]1CC(=O)NCCCC[C@@H](C(=O)O)NC(=O)[C@H](Cc2c[nH]c3ccccc23)NC(=O)[C@H](CCCN=C(N)N)NC(=O)[C@@H](Cc2ccccc2)NC(=O)[C@H](Cc2c[nH]c3ccccc23)NC1=O. The first-order valence-electron chi connectivity index (χ1n) is 26.3. The topological polar surface area (TPSA) is 366 Å². The second-order valence-electron chi connectivity index (χ2n) is 19.4. The molecule has 8 amide bonds. The molecule has 3 aromatic carbocycles. The number of guanidine groups is 1. The lowest BCUT2D eigenvalue weighted by atomic mass is 10.0. The molecular weight excluding hydrogens is 1000 g/mol. The molecule has 23 heteroatoms. The van der Waals surface area contributed by atoms with E-state index in [0.717, 1.165) is 21.8 Å². The van der Waals surface area contributed by atoms with Crippen molar-refractivity contribution in [2.45, 2.75) is 133 Å². The van der Waals surface area contributed by atoms with Crippen LogP contribution in [0.1, 0.15) is 88.3 Å². The monoisotopic (exact) mass is 1070 g/mol. The lowest BCUT2D eigenvalue weighted by molar-refractivity contribution is -0.142. The summed E-state index contributed by atoms with van der Waals surface area (Å²) >= 11 is 0. The maximum Gasteiger partial charge on any atom is 0.326 e. The van der Waals surface area contributed by atoms with Crippen molar-refractivity contribution in [2.24, 2.45) is 16.5 Å². The van der Waals surface area contributed by atoms with Crippen molar-refractivity contribution in [3.05, 3.63) is 108 Å². The maximum absolute atomic E-state index is 15.0. The number of carbonyl (C=O) groups is 9. The van der Waals surface area contributed by atoms with Gasteiger partial charge >= 0.3 is 5.97 Å². The van der Waals surface area contributed by atoms with E-state index in [2.05, 4.69) is 57.5 Å². The van der Waals surface area contributed by atoms with E-state index in [9.17, 15) is 48.3 Å². The second-order valence-corrected chi connectivity index (χ2v) is 19.4. The van der Waals surface area contributed by atoms with Crippen LogP contribution in [0.3, 0.4) is 0 Å². The number of hydrogen-bond acceptors (Lipinski definition) is 10. The number of carboxylic acid groups (broad SMARTS) is 1. The van der Waals surface area contributed by atoms with E-state index in [1.54, 1.807) is 48.8 Å². The fraction of sp³-hybridized carbons (Fsp3) is 0.418. The summed E-state index contributed by atoms with van der Waals surface area (Å²) in [6.45, 7) is 3.21. The van der Waals surface area contributed by atoms with Gasteiger partial charge in [0.15, 0.2) is 5.96 Å². The minimum absolute atomic E-state index is 0.00562. The fourth-order valence-electron chi connectivity index (χ4n) is 9.27. The maximum atomic E-state index is 15.0. The van der Waals surface area contributed by atoms with E-state index in [-0.39, 0.29) is 76.8 Å². The molecule has 78 heavy (non-hydrogen) atoms. The number of H-pyrrole nitrogens is 2. The molecule has 1 fully saturated rings. The van der Waals surface area contributed by atoms with E-state index in [1.807, 2.05) is 49.4 Å². The summed E-state index contributed by atoms with van der Waals surface area (Å²) in [6, 6.07) is 13.6. The Hall–Kier alpha value is -8.76. The van der Waals surface area contributed by atoms with Crippen molar-refractivity contribution >= 4 is 81.0 Å². The number of carboxylic acids is 1. The number of aromatic nitrogens is 2. The Morgan fingerprint density at radius 1 is 0.679 bits per heavy atom. The Bertz CT molecular complexity index is 2940. The molecule has 0 saturated carbocycles. The molecule has 2 aromatic heterocycles. The predicted molar refractivity (Wildman–Crippen MR) is 292 cm³/mol. The molecule has 0 radical (unpaired) electrons. The number of rotatable bonds is 17. The lowest BCUT2D eigenvalue weighted by Gasteiger charge is -2.28. The zero-order valence-corrected chi connectivity index (χ0v) is 43.8. The van der Waals surface area contributed by atoms with Gasteiger partial charge in [0.2, 0.25) is 47.3 Å². The van der Waals surface area contributed by atoms with Crippen LogP contribution in [-0.4, -0.2) is 130 Å². The van der Waals surface area contributed by atoms with E-state index in [4.69, 9.17) is 11.5 Å². The smallest absolute Gasteiger partial charge is 0.326 e. The zero-order chi connectivity index (χ0) is 56.1. The first-order chi connectivity index (χ1) is 37.5. The number of para-hydroxylation sites is 2. The summed E-state index contributed by atoms with van der Waals surface area (Å²) in [7, 11) is 0. The van der Waals surface area contributed by atoms with Crippen molar-refractivity contribution in [3.8, 4) is 0 Å². The van der Waals surface area contributed by atoms with Gasteiger partial charge in [-0.2, -0.15) is 0 Å². The van der Waals surface area contributed by atoms with Gasteiger partial charge in [-0.3, -0.25) is 43.3 Å². The molecule has 1 aliphatic heterocycles. The number of nitrogens with one attached hydrogen (secondary N) is 10. The molecule has 1 saturated heterocycles. The van der Waals surface area contributed by atoms with Gasteiger partial charge < -0.3 is 69.1 Å². The summed E-state index contributed by atoms with van der Waals surface area (Å²) in [5.41, 5.74) is 14.5. The highest BCUT2D eigenvalue weighted by molar-refractivity contribution is 5.99. The standard InChI is InChI=1S/C55H71N13O10/c1-3-4-19-40(62-32(2)69)48(71)68-46-29-47(70)58-24-13-12-22-42(54(77)78)64-51(74)44(27-34-30-60-38-20-10-8-17-36(34)38)66-49(72)41(23-14-25-59-55(56)57)63-50(73)43(26-33-15-6-5-7-16-33)65-52(75)45(67-53(46)76)28-35-31-61-39-21-11-9-18-37(35)39/h5-11,15-18,20-21,30-31,40-46,60-61H,3-4,12-14,19,22-29H2,1-2H3,(H,58,70)(H,62,69)(H,63,73)(H,64,74)(H,65,75)(H,66,72)(H,67,76)(H,68,71)(H,77,78)(H4,56,57,59)/t40-,41-,42-,43+,44-,45-,46-/m0/s1. The summed E-state index contributed by atoms with van der Waals surface area (Å²) in [4.78, 5) is 136. The molecule has 0 aliphatic carbocycles. The van der Waals surface area contributed by atoms with Crippen LogP contribution in [0.25, 0.3) is 21.8 Å². The van der Waals surface area contributed by atoms with Crippen LogP contribution in [0.15, 0.2) is 96.2 Å². The van der Waals surface area contributed by atoms with E-state index in [0.29, 0.717) is 29.5 Å². The number of carbonyl (C=O) groups excluding carboxylic acids is 8. The third kappa shape index (κ3) is 17.4. The number of hydrogen-bond donors (Lipinski definition) is 13. The molecule has 6 rings (SSSR count). The Kier molecular flexibility index (Phi) is 21.7. The number of aliphatic carboxylic acids is 1. The first kappa shape index (κ1) is 58.5. The van der Waals surface area contributed by atoms with Crippen molar-refractivity contribution in [1.29, 1.82) is 0 Å². The summed E-state index contributed by atoms with van der Waals surface area (Å²) in [6.07, 6.45) is 4.25. The number of benzene rings is 3. The number of nitrogens with two attached hydrogens (primary N) is 2. The van der Waals surface area contributed by atoms with Gasteiger partial charge in [-0.05, 0) is 67.3 Å². The largest absolute Gasteiger partial charge is 0.480 e. The Morgan fingerprint density at radius 3 is 1.79 bits per heavy atom. The molecule has 5 aromatic rings. The van der Waals surface area contributed by atoms with Crippen LogP contribution < -0.4 is 54.0 Å². The summed E-state index contributed by atoms with van der Waals surface area (Å²) in [5, 5.41) is 33.5. The van der Waals surface area contributed by atoms with Crippen LogP contribution in [0.2, 0.25) is 0 Å². The molecule has 416 valence electrons. The first-order valence-corrected chi connectivity index (χ1v) is 26.3. The van der Waals surface area contributed by atoms with Gasteiger partial charge in [0.25, 0.3) is 0 Å². The Morgan fingerprint density at radius 2 is 1.22 bits per heavy atom. The van der Waals surface area contributed by atoms with Crippen LogP contribution >= 0.6 is 0 Å². The van der Waals surface area contributed by atoms with Crippen molar-refractivity contribution < 1.29 is 48.3 Å². The Balaban J connectivity index is 1.41. The molecule has 1 aliphatic rings. The zero-order valence-electron chi connectivity index (χ0n) is 43.8. The van der Waals surface area contributed by atoms with Crippen LogP contribution in [-0.2, 0) is 62.4 Å². The molecule has 23 nitrogen and oxygen atoms in total. The van der Waals surface area contributed by atoms with E-state index >= 15 is 0 Å². The summed E-state index contributed by atoms with van der Waals surface area (Å²) in [5.74, 6) is -7.72. The number of nitrogens with zero attached hydrogens (tertiary/aromatic N) is 1. The molecule has 0 bridgehead atoms. The molecule has 0 spiro atoms. The van der Waals surface area contributed by atoms with Crippen LogP contribution in [0.5, 0.6) is 0 Å². The third-order valence-corrected chi connectivity index (χ3v) is 13.4. The number of aromatic amines is 2. The van der Waals surface area contributed by atoms with Crippen LogP contribution in [0, 0.1) is 0 Å². The van der Waals surface area contributed by atoms with Crippen molar-refractivity contribution in [3.63, 3.8) is 0 Å². The fourth-order valence-corrected chi connectivity index (χ4v) is 9.27. The van der Waals surface area contributed by atoms with Gasteiger partial charge in [0, 0.05) is 73.5 Å².